The summed E-state index contributed by atoms with van der Waals surface area (Å²) in [5.41, 5.74) is 1.21. The van der Waals surface area contributed by atoms with Crippen LogP contribution in [0.15, 0.2) is 12.5 Å². The standard InChI is InChI=1S/C13H19N3O/c17-13(15-5-2-1-3-6-15)11-4-7-16-10-14-9-12(16)8-11/h9-11H,1-8H2. The van der Waals surface area contributed by atoms with Gasteiger partial charge in [-0.05, 0) is 25.7 Å². The molecule has 1 saturated heterocycles. The van der Waals surface area contributed by atoms with E-state index < -0.39 is 0 Å². The van der Waals surface area contributed by atoms with Crippen LogP contribution in [-0.2, 0) is 17.8 Å². The molecular weight excluding hydrogens is 214 g/mol. The predicted octanol–water partition coefficient (Wildman–Crippen LogP) is 1.46. The van der Waals surface area contributed by atoms with Crippen LogP contribution in [0.4, 0.5) is 0 Å². The molecule has 0 spiro atoms. The van der Waals surface area contributed by atoms with Gasteiger partial charge in [0, 0.05) is 43.9 Å². The molecule has 0 aliphatic carbocycles. The van der Waals surface area contributed by atoms with Crippen molar-refractivity contribution >= 4 is 5.91 Å². The average molecular weight is 233 g/mol. The van der Waals surface area contributed by atoms with Gasteiger partial charge in [0.2, 0.25) is 5.91 Å². The highest BCUT2D eigenvalue weighted by Crippen LogP contribution is 2.23. The number of nitrogens with zero attached hydrogens (tertiary/aromatic N) is 3. The van der Waals surface area contributed by atoms with E-state index in [0.717, 1.165) is 32.5 Å². The minimum atomic E-state index is 0.192. The number of imidazole rings is 1. The summed E-state index contributed by atoms with van der Waals surface area (Å²) in [6.45, 7) is 2.88. The van der Waals surface area contributed by atoms with Crippen LogP contribution >= 0.6 is 0 Å². The lowest BCUT2D eigenvalue weighted by Gasteiger charge is -2.32. The van der Waals surface area contributed by atoms with E-state index >= 15 is 0 Å². The van der Waals surface area contributed by atoms with Crippen molar-refractivity contribution in [1.82, 2.24) is 14.5 Å². The summed E-state index contributed by atoms with van der Waals surface area (Å²) in [4.78, 5) is 18.6. The molecule has 4 nitrogen and oxygen atoms in total. The number of aryl methyl sites for hydroxylation is 1. The quantitative estimate of drug-likeness (QED) is 0.736. The maximum Gasteiger partial charge on any atom is 0.226 e. The van der Waals surface area contributed by atoms with Crippen molar-refractivity contribution in [2.75, 3.05) is 13.1 Å². The van der Waals surface area contributed by atoms with Gasteiger partial charge >= 0.3 is 0 Å². The molecule has 1 unspecified atom stereocenters. The molecular formula is C13H19N3O. The summed E-state index contributed by atoms with van der Waals surface area (Å²) >= 11 is 0. The monoisotopic (exact) mass is 233 g/mol. The zero-order valence-corrected chi connectivity index (χ0v) is 10.1. The fraction of sp³-hybridized carbons (Fsp3) is 0.692. The molecule has 0 bridgehead atoms. The zero-order chi connectivity index (χ0) is 11.7. The SMILES string of the molecule is O=C(C1CCn2cncc2C1)N1CCCCC1. The number of fused-ring (bicyclic) bond motifs is 1. The molecule has 1 aromatic rings. The zero-order valence-electron chi connectivity index (χ0n) is 10.1. The average Bonchev–Trinajstić information content (AvgIpc) is 2.86. The van der Waals surface area contributed by atoms with E-state index in [9.17, 15) is 4.79 Å². The molecule has 3 heterocycles. The highest BCUT2D eigenvalue weighted by Gasteiger charge is 2.28. The molecule has 1 aromatic heterocycles. The van der Waals surface area contributed by atoms with Crippen LogP contribution in [0.3, 0.4) is 0 Å². The summed E-state index contributed by atoms with van der Waals surface area (Å²) in [6.07, 6.45) is 9.24. The minimum absolute atomic E-state index is 0.192. The molecule has 2 aliphatic rings. The second-order valence-electron chi connectivity index (χ2n) is 5.15. The van der Waals surface area contributed by atoms with Gasteiger partial charge in [0.05, 0.1) is 6.33 Å². The summed E-state index contributed by atoms with van der Waals surface area (Å²) in [5.74, 6) is 0.564. The number of carbonyl (C=O) groups excluding carboxylic acids is 1. The van der Waals surface area contributed by atoms with Gasteiger partial charge in [-0.25, -0.2) is 4.98 Å². The van der Waals surface area contributed by atoms with Crippen molar-refractivity contribution < 1.29 is 4.79 Å². The van der Waals surface area contributed by atoms with Crippen molar-refractivity contribution in [3.05, 3.63) is 18.2 Å². The first-order valence-electron chi connectivity index (χ1n) is 6.62. The van der Waals surface area contributed by atoms with Crippen LogP contribution in [-0.4, -0.2) is 33.4 Å². The van der Waals surface area contributed by atoms with Gasteiger partial charge in [-0.3, -0.25) is 4.79 Å². The van der Waals surface area contributed by atoms with Crippen LogP contribution in [0.1, 0.15) is 31.4 Å². The van der Waals surface area contributed by atoms with Crippen LogP contribution in [0.5, 0.6) is 0 Å². The van der Waals surface area contributed by atoms with Crippen molar-refractivity contribution in [1.29, 1.82) is 0 Å². The number of hydrogen-bond donors (Lipinski definition) is 0. The third-order valence-electron chi connectivity index (χ3n) is 3.99. The van der Waals surface area contributed by atoms with Crippen molar-refractivity contribution in [2.45, 2.75) is 38.6 Å². The molecule has 1 amide bonds. The second-order valence-corrected chi connectivity index (χ2v) is 5.15. The molecule has 0 N–H and O–H groups in total. The van der Waals surface area contributed by atoms with E-state index in [0.29, 0.717) is 5.91 Å². The van der Waals surface area contributed by atoms with Gasteiger partial charge in [-0.15, -0.1) is 0 Å². The normalized spacial score (nSPS) is 24.5. The molecule has 0 saturated carbocycles. The van der Waals surface area contributed by atoms with E-state index in [1.807, 2.05) is 12.5 Å². The molecule has 0 radical (unpaired) electrons. The van der Waals surface area contributed by atoms with E-state index in [1.165, 1.54) is 25.0 Å². The number of piperidine rings is 1. The minimum Gasteiger partial charge on any atom is -0.342 e. The number of hydrogen-bond acceptors (Lipinski definition) is 2. The lowest BCUT2D eigenvalue weighted by Crippen LogP contribution is -2.41. The van der Waals surface area contributed by atoms with Crippen molar-refractivity contribution in [2.24, 2.45) is 5.92 Å². The lowest BCUT2D eigenvalue weighted by atomic mass is 9.94. The summed E-state index contributed by atoms with van der Waals surface area (Å²) < 4.78 is 2.17. The number of aromatic nitrogens is 2. The molecule has 2 aliphatic heterocycles. The first-order chi connectivity index (χ1) is 8.34. The Morgan fingerprint density at radius 3 is 2.88 bits per heavy atom. The predicted molar refractivity (Wildman–Crippen MR) is 64.5 cm³/mol. The summed E-state index contributed by atoms with van der Waals surface area (Å²) in [7, 11) is 0. The number of rotatable bonds is 1. The van der Waals surface area contributed by atoms with Crippen LogP contribution < -0.4 is 0 Å². The maximum absolute atomic E-state index is 12.4. The third-order valence-corrected chi connectivity index (χ3v) is 3.99. The number of likely N-dealkylation sites (tertiary alicyclic amines) is 1. The Hall–Kier alpha value is -1.32. The smallest absolute Gasteiger partial charge is 0.226 e. The fourth-order valence-corrected chi connectivity index (χ4v) is 2.95. The topological polar surface area (TPSA) is 38.1 Å². The molecule has 1 atom stereocenters. The van der Waals surface area contributed by atoms with Crippen molar-refractivity contribution in [3.63, 3.8) is 0 Å². The van der Waals surface area contributed by atoms with Crippen molar-refractivity contribution in [3.8, 4) is 0 Å². The molecule has 3 rings (SSSR count). The second kappa shape index (κ2) is 4.51. The largest absolute Gasteiger partial charge is 0.342 e. The molecule has 17 heavy (non-hydrogen) atoms. The van der Waals surface area contributed by atoms with E-state index in [1.54, 1.807) is 0 Å². The van der Waals surface area contributed by atoms with Gasteiger partial charge in [0.1, 0.15) is 0 Å². The number of carbonyl (C=O) groups is 1. The molecule has 4 heteroatoms. The van der Waals surface area contributed by atoms with Crippen LogP contribution in [0.25, 0.3) is 0 Å². The first kappa shape index (κ1) is 10.8. The summed E-state index contributed by atoms with van der Waals surface area (Å²) in [6, 6.07) is 0. The lowest BCUT2D eigenvalue weighted by molar-refractivity contribution is -0.137. The first-order valence-corrected chi connectivity index (χ1v) is 6.62. The highest BCUT2D eigenvalue weighted by molar-refractivity contribution is 5.79. The molecule has 92 valence electrons. The summed E-state index contributed by atoms with van der Waals surface area (Å²) in [5, 5.41) is 0. The van der Waals surface area contributed by atoms with Crippen LogP contribution in [0.2, 0.25) is 0 Å². The Bertz CT molecular complexity index is 407. The Labute approximate surface area is 102 Å². The van der Waals surface area contributed by atoms with Crippen LogP contribution in [0, 0.1) is 5.92 Å². The van der Waals surface area contributed by atoms with Gasteiger partial charge < -0.3 is 9.47 Å². The Morgan fingerprint density at radius 2 is 2.06 bits per heavy atom. The van der Waals surface area contributed by atoms with E-state index in [2.05, 4.69) is 14.5 Å². The van der Waals surface area contributed by atoms with Gasteiger partial charge in [0.15, 0.2) is 0 Å². The third kappa shape index (κ3) is 2.08. The fourth-order valence-electron chi connectivity index (χ4n) is 2.95. The van der Waals surface area contributed by atoms with Gasteiger partial charge in [0.25, 0.3) is 0 Å². The number of amides is 1. The van der Waals surface area contributed by atoms with E-state index in [4.69, 9.17) is 0 Å². The molecule has 0 aromatic carbocycles. The van der Waals surface area contributed by atoms with E-state index in [-0.39, 0.29) is 5.92 Å². The maximum atomic E-state index is 12.4. The van der Waals surface area contributed by atoms with Gasteiger partial charge in [-0.2, -0.15) is 0 Å². The van der Waals surface area contributed by atoms with Gasteiger partial charge in [-0.1, -0.05) is 0 Å². The Balaban J connectivity index is 1.67. The molecule has 1 fully saturated rings. The highest BCUT2D eigenvalue weighted by atomic mass is 16.2. The Kier molecular flexibility index (Phi) is 2.87. The Morgan fingerprint density at radius 1 is 1.24 bits per heavy atom.